The fourth-order valence-corrected chi connectivity index (χ4v) is 4.54. The number of rotatable bonds is 10. The minimum Gasteiger partial charge on any atom is -0.508 e. The summed E-state index contributed by atoms with van der Waals surface area (Å²) in [5.74, 6) is -0.574. The molecular weight excluding hydrogens is 479 g/mol. The van der Waals surface area contributed by atoms with Gasteiger partial charge in [-0.25, -0.2) is 8.42 Å². The average Bonchev–Trinajstić information content (AvgIpc) is 2.72. The van der Waals surface area contributed by atoms with Gasteiger partial charge in [-0.05, 0) is 42.7 Å². The zero-order chi connectivity index (χ0) is 23.9. The number of phenolic OH excluding ortho intramolecular Hbond substituents is 1. The molecule has 1 atom stereocenters. The number of hydrogen-bond acceptors (Lipinski definition) is 6. The van der Waals surface area contributed by atoms with Gasteiger partial charge in [-0.15, -0.1) is 0 Å². The summed E-state index contributed by atoms with van der Waals surface area (Å²) < 4.78 is 28.1. The van der Waals surface area contributed by atoms with Gasteiger partial charge in [-0.3, -0.25) is 9.79 Å². The van der Waals surface area contributed by atoms with E-state index in [9.17, 15) is 18.3 Å². The summed E-state index contributed by atoms with van der Waals surface area (Å²) in [6, 6.07) is 7.39. The van der Waals surface area contributed by atoms with Crippen molar-refractivity contribution in [1.29, 1.82) is 0 Å². The van der Waals surface area contributed by atoms with E-state index in [1.165, 1.54) is 12.1 Å². The number of nitrogens with zero attached hydrogens (tertiary/aromatic N) is 1. The van der Waals surface area contributed by atoms with Crippen molar-refractivity contribution in [3.05, 3.63) is 52.0 Å². The highest BCUT2D eigenvalue weighted by atomic mass is 35.5. The molecule has 0 bridgehead atoms. The van der Waals surface area contributed by atoms with Gasteiger partial charge in [0, 0.05) is 13.1 Å². The van der Waals surface area contributed by atoms with E-state index in [4.69, 9.17) is 40.4 Å². The zero-order valence-electron chi connectivity index (χ0n) is 16.9. The van der Waals surface area contributed by atoms with Crippen LogP contribution in [-0.4, -0.2) is 38.0 Å². The molecule has 0 aliphatic carbocycles. The molecule has 0 aromatic heterocycles. The second-order valence-corrected chi connectivity index (χ2v) is 9.34. The molecule has 10 nitrogen and oxygen atoms in total. The van der Waals surface area contributed by atoms with Crippen LogP contribution in [-0.2, 0) is 21.4 Å². The van der Waals surface area contributed by atoms with Crippen molar-refractivity contribution in [2.24, 2.45) is 16.5 Å². The summed E-state index contributed by atoms with van der Waals surface area (Å²) in [6.07, 6.45) is 0.453. The maximum Gasteiger partial charge on any atom is 0.241 e. The van der Waals surface area contributed by atoms with E-state index < -0.39 is 22.0 Å². The number of sulfonamides is 1. The summed E-state index contributed by atoms with van der Waals surface area (Å²) in [5.41, 5.74) is 17.0. The van der Waals surface area contributed by atoms with Crippen molar-refractivity contribution in [1.82, 2.24) is 10.0 Å². The Hall–Kier alpha value is -2.73. The molecule has 0 spiro atoms. The van der Waals surface area contributed by atoms with Gasteiger partial charge >= 0.3 is 0 Å². The second kappa shape index (κ2) is 11.2. The molecule has 0 unspecified atom stereocenters. The number of amides is 1. The third-order valence-electron chi connectivity index (χ3n) is 4.33. The van der Waals surface area contributed by atoms with Gasteiger partial charge in [0.1, 0.15) is 11.8 Å². The molecule has 2 aromatic rings. The van der Waals surface area contributed by atoms with E-state index in [2.05, 4.69) is 15.0 Å². The molecule has 0 saturated carbocycles. The first-order valence-corrected chi connectivity index (χ1v) is 11.6. The van der Waals surface area contributed by atoms with Crippen LogP contribution in [0.25, 0.3) is 0 Å². The number of phenols is 1. The van der Waals surface area contributed by atoms with Crippen molar-refractivity contribution in [2.75, 3.05) is 12.3 Å². The predicted molar refractivity (Wildman–Crippen MR) is 125 cm³/mol. The molecule has 9 N–H and O–H groups in total. The molecular formula is C19H24Cl2N6O4S. The quantitative estimate of drug-likeness (QED) is 0.122. The highest BCUT2D eigenvalue weighted by Crippen LogP contribution is 2.30. The Labute approximate surface area is 195 Å². The fourth-order valence-electron chi connectivity index (χ4n) is 2.64. The van der Waals surface area contributed by atoms with Gasteiger partial charge in [0.25, 0.3) is 0 Å². The number of guanidine groups is 1. The number of benzene rings is 2. The number of nitrogen functional groups attached to an aromatic ring is 1. The normalized spacial score (nSPS) is 12.2. The van der Waals surface area contributed by atoms with Crippen LogP contribution in [0.3, 0.4) is 0 Å². The monoisotopic (exact) mass is 502 g/mol. The molecule has 0 aliphatic heterocycles. The number of anilines is 1. The number of nitrogens with one attached hydrogen (secondary N) is 2. The Kier molecular flexibility index (Phi) is 8.96. The third-order valence-corrected chi connectivity index (χ3v) is 6.40. The average molecular weight is 503 g/mol. The van der Waals surface area contributed by atoms with Crippen LogP contribution >= 0.6 is 23.2 Å². The number of carbonyl (C=O) groups is 1. The van der Waals surface area contributed by atoms with Gasteiger partial charge in [0.15, 0.2) is 5.96 Å². The van der Waals surface area contributed by atoms with Crippen molar-refractivity contribution >= 4 is 50.8 Å². The summed E-state index contributed by atoms with van der Waals surface area (Å²) in [6.45, 7) is 0.343. The maximum atomic E-state index is 12.9. The van der Waals surface area contributed by atoms with Gasteiger partial charge in [0.2, 0.25) is 15.9 Å². The van der Waals surface area contributed by atoms with Gasteiger partial charge < -0.3 is 27.6 Å². The topological polar surface area (TPSA) is 186 Å². The highest BCUT2D eigenvalue weighted by molar-refractivity contribution is 7.89. The van der Waals surface area contributed by atoms with Crippen LogP contribution < -0.4 is 27.2 Å². The molecule has 1 amide bonds. The first-order valence-electron chi connectivity index (χ1n) is 9.37. The lowest BCUT2D eigenvalue weighted by Crippen LogP contribution is -2.46. The molecule has 0 aliphatic rings. The zero-order valence-corrected chi connectivity index (χ0v) is 19.2. The van der Waals surface area contributed by atoms with E-state index in [0.717, 1.165) is 17.7 Å². The Bertz CT molecular complexity index is 1070. The molecule has 174 valence electrons. The first kappa shape index (κ1) is 25.5. The molecule has 2 aromatic carbocycles. The highest BCUT2D eigenvalue weighted by Gasteiger charge is 2.26. The summed E-state index contributed by atoms with van der Waals surface area (Å²) in [4.78, 5) is 16.4. The lowest BCUT2D eigenvalue weighted by atomic mass is 10.1. The summed E-state index contributed by atoms with van der Waals surface area (Å²) in [7, 11) is -4.16. The van der Waals surface area contributed by atoms with Crippen molar-refractivity contribution < 1.29 is 18.3 Å². The number of halogens is 2. The van der Waals surface area contributed by atoms with Crippen LogP contribution in [0.5, 0.6) is 5.75 Å². The van der Waals surface area contributed by atoms with E-state index in [-0.39, 0.29) is 51.8 Å². The van der Waals surface area contributed by atoms with Crippen LogP contribution in [0.1, 0.15) is 18.4 Å². The summed E-state index contributed by atoms with van der Waals surface area (Å²) >= 11 is 11.9. The molecule has 0 fully saturated rings. The maximum absolute atomic E-state index is 12.9. The molecule has 0 saturated heterocycles. The number of nitrogens with two attached hydrogens (primary N) is 3. The van der Waals surface area contributed by atoms with Crippen LogP contribution in [0.2, 0.25) is 10.0 Å². The lowest BCUT2D eigenvalue weighted by Gasteiger charge is -2.19. The van der Waals surface area contributed by atoms with Gasteiger partial charge in [-0.1, -0.05) is 35.3 Å². The van der Waals surface area contributed by atoms with E-state index in [1.54, 1.807) is 12.1 Å². The van der Waals surface area contributed by atoms with Crippen LogP contribution in [0.15, 0.2) is 46.3 Å². The van der Waals surface area contributed by atoms with Crippen molar-refractivity contribution in [2.45, 2.75) is 30.3 Å². The molecule has 0 heterocycles. The van der Waals surface area contributed by atoms with E-state index in [1.807, 2.05) is 0 Å². The summed E-state index contributed by atoms with van der Waals surface area (Å²) in [5, 5.41) is 12.0. The molecule has 0 radical (unpaired) electrons. The molecule has 2 rings (SSSR count). The van der Waals surface area contributed by atoms with Gasteiger partial charge in [-0.2, -0.15) is 4.72 Å². The standard InChI is InChI=1S/C19H24Cl2N6O4S/c20-14-8-13(9-15(21)17(14)22)32(30,31)27-16(2-1-7-25-19(23)24)18(29)26-10-11-3-5-12(28)6-4-11/h3-6,8-9,16,27-28H,1-2,7,10,22H2,(H,26,29)(H4,23,24,25)/t16-/m1/s1. The Balaban J connectivity index is 2.18. The number of hydrogen-bond donors (Lipinski definition) is 6. The predicted octanol–water partition coefficient (Wildman–Crippen LogP) is 1.30. The largest absolute Gasteiger partial charge is 0.508 e. The SMILES string of the molecule is NC(N)=NCCC[C@@H](NS(=O)(=O)c1cc(Cl)c(N)c(Cl)c1)C(=O)NCc1ccc(O)cc1. The smallest absolute Gasteiger partial charge is 0.241 e. The minimum atomic E-state index is -4.16. The number of carbonyl (C=O) groups excluding carboxylic acids is 1. The number of aliphatic imine (C=N–C) groups is 1. The van der Waals surface area contributed by atoms with Gasteiger partial charge in [0.05, 0.1) is 20.6 Å². The third kappa shape index (κ3) is 7.45. The van der Waals surface area contributed by atoms with Crippen molar-refractivity contribution in [3.63, 3.8) is 0 Å². The Morgan fingerprint density at radius 1 is 1.12 bits per heavy atom. The minimum absolute atomic E-state index is 0.0287. The van der Waals surface area contributed by atoms with E-state index >= 15 is 0 Å². The number of aromatic hydroxyl groups is 1. The first-order chi connectivity index (χ1) is 15.0. The lowest BCUT2D eigenvalue weighted by molar-refractivity contribution is -0.123. The van der Waals surface area contributed by atoms with Crippen LogP contribution in [0.4, 0.5) is 5.69 Å². The Morgan fingerprint density at radius 3 is 2.28 bits per heavy atom. The van der Waals surface area contributed by atoms with Crippen molar-refractivity contribution in [3.8, 4) is 5.75 Å². The molecule has 13 heteroatoms. The second-order valence-electron chi connectivity index (χ2n) is 6.81. The Morgan fingerprint density at radius 2 is 1.72 bits per heavy atom. The molecule has 32 heavy (non-hydrogen) atoms. The van der Waals surface area contributed by atoms with Crippen LogP contribution in [0, 0.1) is 0 Å². The van der Waals surface area contributed by atoms with E-state index in [0.29, 0.717) is 6.42 Å². The fraction of sp³-hybridized carbons (Fsp3) is 0.263.